The molecule has 1 aromatic carbocycles. The Morgan fingerprint density at radius 3 is 2.90 bits per heavy atom. The van der Waals surface area contributed by atoms with Crippen LogP contribution in [0.2, 0.25) is 0 Å². The van der Waals surface area contributed by atoms with Gasteiger partial charge in [-0.2, -0.15) is 0 Å². The van der Waals surface area contributed by atoms with Gasteiger partial charge in [0.2, 0.25) is 5.78 Å². The highest BCUT2D eigenvalue weighted by molar-refractivity contribution is 6.28. The molecule has 1 aliphatic rings. The zero-order chi connectivity index (χ0) is 15.5. The average Bonchev–Trinajstić information content (AvgIpc) is 2.44. The molecule has 0 spiro atoms. The molecule has 0 saturated carbocycles. The number of nitrogens with one attached hydrogen (secondary N) is 1. The van der Waals surface area contributed by atoms with E-state index in [0.717, 1.165) is 0 Å². The molecule has 1 unspecified atom stereocenters. The molecule has 1 aromatic rings. The van der Waals surface area contributed by atoms with Crippen LogP contribution < -0.4 is 5.32 Å². The van der Waals surface area contributed by atoms with E-state index in [1.165, 1.54) is 18.3 Å². The van der Waals surface area contributed by atoms with E-state index in [0.29, 0.717) is 11.3 Å². The van der Waals surface area contributed by atoms with Gasteiger partial charge in [0.25, 0.3) is 0 Å². The molecule has 21 heavy (non-hydrogen) atoms. The van der Waals surface area contributed by atoms with Gasteiger partial charge < -0.3 is 14.8 Å². The maximum absolute atomic E-state index is 13.1. The number of hydrogen-bond donors (Lipinski definition) is 1. The highest BCUT2D eigenvalue weighted by Gasteiger charge is 2.36. The Bertz CT molecular complexity index is 583. The third-order valence-electron chi connectivity index (χ3n) is 2.95. The topological polar surface area (TPSA) is 64.6 Å². The minimum atomic E-state index is -0.993. The number of carbonyl (C=O) groups is 2. The molecule has 1 aliphatic heterocycles. The summed E-state index contributed by atoms with van der Waals surface area (Å²) in [7, 11) is 0. The molecule has 0 radical (unpaired) electrons. The van der Waals surface area contributed by atoms with Gasteiger partial charge in [0, 0.05) is 17.5 Å². The van der Waals surface area contributed by atoms with Crippen LogP contribution in [-0.4, -0.2) is 30.6 Å². The van der Waals surface area contributed by atoms with E-state index in [9.17, 15) is 14.0 Å². The number of hydrogen-bond acceptors (Lipinski definition) is 5. The van der Waals surface area contributed by atoms with Crippen molar-refractivity contribution in [1.29, 1.82) is 0 Å². The molecule has 5 nitrogen and oxygen atoms in total. The second-order valence-electron chi connectivity index (χ2n) is 5.08. The fourth-order valence-electron chi connectivity index (χ4n) is 1.90. The summed E-state index contributed by atoms with van der Waals surface area (Å²) in [6.45, 7) is 3.46. The summed E-state index contributed by atoms with van der Waals surface area (Å²) in [6, 6.07) is 5.86. The van der Waals surface area contributed by atoms with Crippen molar-refractivity contribution in [3.05, 3.63) is 41.9 Å². The van der Waals surface area contributed by atoms with Gasteiger partial charge >= 0.3 is 0 Å². The first-order valence-electron chi connectivity index (χ1n) is 6.43. The lowest BCUT2D eigenvalue weighted by Gasteiger charge is -2.36. The molecule has 1 N–H and O–H groups in total. The lowest BCUT2D eigenvalue weighted by atomic mass is 10.1. The summed E-state index contributed by atoms with van der Waals surface area (Å²) in [5.41, 5.74) is 0.986. The summed E-state index contributed by atoms with van der Waals surface area (Å²) in [4.78, 5) is 22.4. The highest BCUT2D eigenvalue weighted by Crippen LogP contribution is 2.26. The summed E-state index contributed by atoms with van der Waals surface area (Å²) in [5.74, 6) is -2.01. The van der Waals surface area contributed by atoms with Gasteiger partial charge in [-0.3, -0.25) is 9.59 Å². The molecule has 112 valence electrons. The van der Waals surface area contributed by atoms with E-state index in [4.69, 9.17) is 9.47 Å². The Labute approximate surface area is 121 Å². The van der Waals surface area contributed by atoms with Crippen LogP contribution in [0.3, 0.4) is 0 Å². The maximum atomic E-state index is 13.1. The monoisotopic (exact) mass is 293 g/mol. The van der Waals surface area contributed by atoms with Crippen LogP contribution in [0.15, 0.2) is 36.0 Å². The lowest BCUT2D eigenvalue weighted by molar-refractivity contribution is -0.247. The third kappa shape index (κ3) is 3.96. The molecule has 0 bridgehead atoms. The number of halogens is 1. The van der Waals surface area contributed by atoms with Crippen molar-refractivity contribution in [2.75, 3.05) is 11.9 Å². The Balaban J connectivity index is 2.17. The fourth-order valence-corrected chi connectivity index (χ4v) is 1.90. The number of anilines is 1. The molecule has 1 heterocycles. The van der Waals surface area contributed by atoms with Crippen LogP contribution >= 0.6 is 0 Å². The molecular weight excluding hydrogens is 277 g/mol. The van der Waals surface area contributed by atoms with Gasteiger partial charge in [0.1, 0.15) is 5.82 Å². The smallest absolute Gasteiger partial charge is 0.228 e. The zero-order valence-electron chi connectivity index (χ0n) is 11.8. The molecule has 0 aromatic heterocycles. The van der Waals surface area contributed by atoms with Crippen LogP contribution in [0.5, 0.6) is 0 Å². The number of ketones is 1. The molecule has 1 saturated heterocycles. The van der Waals surface area contributed by atoms with Crippen molar-refractivity contribution >= 4 is 17.8 Å². The van der Waals surface area contributed by atoms with E-state index in [2.05, 4.69) is 5.32 Å². The molecule has 0 amide bonds. The Morgan fingerprint density at radius 1 is 1.48 bits per heavy atom. The Kier molecular flexibility index (Phi) is 4.50. The summed E-state index contributed by atoms with van der Waals surface area (Å²) < 4.78 is 24.0. The van der Waals surface area contributed by atoms with Gasteiger partial charge in [0.05, 0.1) is 6.61 Å². The van der Waals surface area contributed by atoms with E-state index in [-0.39, 0.29) is 18.7 Å². The average molecular weight is 293 g/mol. The first-order chi connectivity index (χ1) is 9.91. The van der Waals surface area contributed by atoms with Crippen LogP contribution in [0.25, 0.3) is 0 Å². The van der Waals surface area contributed by atoms with Crippen molar-refractivity contribution in [3.8, 4) is 0 Å². The largest absolute Gasteiger partial charge is 0.361 e. The quantitative estimate of drug-likeness (QED) is 0.680. The van der Waals surface area contributed by atoms with E-state index in [1.807, 2.05) is 0 Å². The molecule has 0 aliphatic carbocycles. The number of rotatable bonds is 4. The summed E-state index contributed by atoms with van der Waals surface area (Å²) >= 11 is 0. The van der Waals surface area contributed by atoms with Crippen molar-refractivity contribution in [3.63, 3.8) is 0 Å². The summed E-state index contributed by atoms with van der Waals surface area (Å²) in [6.07, 6.45) is 0.727. The normalized spacial score (nSPS) is 22.8. The molecular formula is C15H16FNO4. The number of carbonyl (C=O) groups excluding carboxylic acids is 2. The van der Waals surface area contributed by atoms with Crippen LogP contribution in [-0.2, 0) is 19.1 Å². The number of benzene rings is 1. The minimum Gasteiger partial charge on any atom is -0.361 e. The van der Waals surface area contributed by atoms with Crippen molar-refractivity contribution in [2.45, 2.75) is 25.7 Å². The van der Waals surface area contributed by atoms with Gasteiger partial charge in [-0.25, -0.2) is 4.39 Å². The predicted molar refractivity (Wildman–Crippen MR) is 74.1 cm³/mol. The molecule has 1 fully saturated rings. The minimum absolute atomic E-state index is 0.138. The predicted octanol–water partition coefficient (Wildman–Crippen LogP) is 2.04. The zero-order valence-corrected chi connectivity index (χ0v) is 11.8. The Morgan fingerprint density at radius 2 is 2.24 bits per heavy atom. The SMILES string of the molecule is CC1(C)OCC(=CNc2cccc(F)c2)C(C(=O)C=O)O1. The maximum Gasteiger partial charge on any atom is 0.228 e. The number of aldehydes is 1. The van der Waals surface area contributed by atoms with Crippen LogP contribution in [0.1, 0.15) is 13.8 Å². The first kappa shape index (κ1) is 15.3. The lowest BCUT2D eigenvalue weighted by Crippen LogP contribution is -2.45. The van der Waals surface area contributed by atoms with Crippen molar-refractivity contribution in [2.24, 2.45) is 0 Å². The number of Topliss-reactive ketones (excluding diaryl/α,β-unsaturated/α-hetero) is 1. The first-order valence-corrected chi connectivity index (χ1v) is 6.43. The summed E-state index contributed by atoms with van der Waals surface area (Å²) in [5, 5.41) is 2.86. The molecule has 1 atom stereocenters. The Hall–Kier alpha value is -2.05. The van der Waals surface area contributed by atoms with Gasteiger partial charge in [0.15, 0.2) is 18.2 Å². The van der Waals surface area contributed by atoms with Gasteiger partial charge in [-0.05, 0) is 32.0 Å². The fraction of sp³-hybridized carbons (Fsp3) is 0.333. The van der Waals surface area contributed by atoms with Crippen LogP contribution in [0, 0.1) is 5.82 Å². The van der Waals surface area contributed by atoms with E-state index >= 15 is 0 Å². The van der Waals surface area contributed by atoms with Crippen LogP contribution in [0.4, 0.5) is 10.1 Å². The highest BCUT2D eigenvalue weighted by atomic mass is 19.1. The third-order valence-corrected chi connectivity index (χ3v) is 2.95. The van der Waals surface area contributed by atoms with Crippen molar-refractivity contribution in [1.82, 2.24) is 0 Å². The van der Waals surface area contributed by atoms with E-state index < -0.39 is 17.7 Å². The van der Waals surface area contributed by atoms with Crippen molar-refractivity contribution < 1.29 is 23.5 Å². The van der Waals surface area contributed by atoms with Gasteiger partial charge in [-0.1, -0.05) is 6.07 Å². The molecule has 2 rings (SSSR count). The van der Waals surface area contributed by atoms with E-state index in [1.54, 1.807) is 26.0 Å². The second-order valence-corrected chi connectivity index (χ2v) is 5.08. The number of ether oxygens (including phenoxy) is 2. The van der Waals surface area contributed by atoms with Gasteiger partial charge in [-0.15, -0.1) is 0 Å². The molecule has 6 heteroatoms. The second kappa shape index (κ2) is 6.15. The standard InChI is InChI=1S/C15H16FNO4/c1-15(2)20-9-10(14(21-15)13(19)8-18)7-17-12-5-3-4-11(16)6-12/h3-8,14,17H,9H2,1-2H3.